The number of pyridine rings is 1. The van der Waals surface area contributed by atoms with Crippen molar-refractivity contribution >= 4 is 44.6 Å². The fourth-order valence-corrected chi connectivity index (χ4v) is 8.27. The molecule has 2 aromatic carbocycles. The molecule has 0 unspecified atom stereocenters. The van der Waals surface area contributed by atoms with Crippen molar-refractivity contribution in [2.24, 2.45) is 17.3 Å². The molecule has 3 fully saturated rings. The van der Waals surface area contributed by atoms with Crippen LogP contribution in [-0.4, -0.2) is 96.8 Å². The van der Waals surface area contributed by atoms with Crippen molar-refractivity contribution in [2.45, 2.75) is 82.5 Å². The number of rotatable bonds is 12. The zero-order valence-corrected chi connectivity index (χ0v) is 33.6. The topological polar surface area (TPSA) is 164 Å². The van der Waals surface area contributed by atoms with E-state index < -0.39 is 68.2 Å². The van der Waals surface area contributed by atoms with Crippen molar-refractivity contribution in [3.05, 3.63) is 67.3 Å². The standard InChI is InChI=1S/C41H48F3N5O8S/c1-6-26-23-40(26,38(53)47-58(54,55)41(42,43)44)46-36(51)33-20-28(24-49(33)37(52)30(39(2,3)4)21-35(50)48-17-11-8-12-18-48)57-34-22-31(25-13-9-7-10-14-25)45-32-19-27(56-5)15-16-29(32)34/h6-7,9-10,13-16,19,22,26,28,30,33H,1,8,11-12,17-18,20-21,23-24H2,2-5H3,(H,46,51)(H,47,53)/t26-,28+,30+,33-,40+/m0/s1. The Morgan fingerprint density at radius 1 is 1.03 bits per heavy atom. The van der Waals surface area contributed by atoms with Crippen molar-refractivity contribution in [3.8, 4) is 22.8 Å². The van der Waals surface area contributed by atoms with E-state index in [4.69, 9.17) is 14.5 Å². The molecule has 3 heterocycles. The van der Waals surface area contributed by atoms with E-state index in [1.807, 2.05) is 51.1 Å². The Morgan fingerprint density at radius 3 is 2.33 bits per heavy atom. The van der Waals surface area contributed by atoms with Crippen LogP contribution >= 0.6 is 0 Å². The minimum absolute atomic E-state index is 0.119. The van der Waals surface area contributed by atoms with Crippen LogP contribution in [0.1, 0.15) is 59.3 Å². The number of nitrogens with one attached hydrogen (secondary N) is 2. The van der Waals surface area contributed by atoms with E-state index in [2.05, 4.69) is 11.9 Å². The van der Waals surface area contributed by atoms with Crippen molar-refractivity contribution < 1.29 is 50.2 Å². The highest BCUT2D eigenvalue weighted by atomic mass is 32.2. The number of hydrogen-bond donors (Lipinski definition) is 2. The molecule has 5 atom stereocenters. The molecule has 1 saturated carbocycles. The molecule has 0 bridgehead atoms. The molecular weight excluding hydrogens is 780 g/mol. The fraction of sp³-hybridized carbons (Fsp3) is 0.488. The van der Waals surface area contributed by atoms with Gasteiger partial charge in [0.1, 0.15) is 29.2 Å². The lowest BCUT2D eigenvalue weighted by molar-refractivity contribution is -0.148. The molecule has 3 aliphatic rings. The first-order chi connectivity index (χ1) is 27.3. The number of carbonyl (C=O) groups excluding carboxylic acids is 4. The van der Waals surface area contributed by atoms with Crippen LogP contribution in [0.4, 0.5) is 13.2 Å². The second-order valence-electron chi connectivity index (χ2n) is 16.2. The summed E-state index contributed by atoms with van der Waals surface area (Å²) in [6, 6.07) is 15.0. The van der Waals surface area contributed by atoms with Crippen molar-refractivity contribution in [3.63, 3.8) is 0 Å². The van der Waals surface area contributed by atoms with E-state index in [0.29, 0.717) is 41.2 Å². The van der Waals surface area contributed by atoms with Crippen LogP contribution in [-0.2, 0) is 29.2 Å². The SMILES string of the molecule is C=C[C@H]1C[C@]1(NC(=O)[C@@H]1C[C@@H](Oc2cc(-c3ccccc3)nc3cc(OC)ccc23)CN1C(=O)[C@@H](CC(=O)N1CCCCC1)C(C)(C)C)C(=O)NS(=O)(=O)C(F)(F)F. The summed E-state index contributed by atoms with van der Waals surface area (Å²) >= 11 is 0. The van der Waals surface area contributed by atoms with E-state index in [9.17, 15) is 40.8 Å². The number of aromatic nitrogens is 1. The van der Waals surface area contributed by atoms with Gasteiger partial charge in [-0.15, -0.1) is 6.58 Å². The van der Waals surface area contributed by atoms with Crippen LogP contribution in [0.2, 0.25) is 0 Å². The number of piperidine rings is 1. The Hall–Kier alpha value is -5.19. The minimum atomic E-state index is -6.11. The van der Waals surface area contributed by atoms with Gasteiger partial charge in [-0.3, -0.25) is 19.2 Å². The molecule has 2 saturated heterocycles. The van der Waals surface area contributed by atoms with E-state index in [1.165, 1.54) is 18.1 Å². The van der Waals surface area contributed by atoms with Gasteiger partial charge in [0.2, 0.25) is 17.7 Å². The van der Waals surface area contributed by atoms with Crippen LogP contribution in [0.15, 0.2) is 67.3 Å². The Balaban J connectivity index is 1.35. The molecule has 58 heavy (non-hydrogen) atoms. The minimum Gasteiger partial charge on any atom is -0.497 e. The Kier molecular flexibility index (Phi) is 11.9. The third kappa shape index (κ3) is 8.78. The largest absolute Gasteiger partial charge is 0.516 e. The first-order valence-corrected chi connectivity index (χ1v) is 20.6. The molecular formula is C41H48F3N5O8S. The summed E-state index contributed by atoms with van der Waals surface area (Å²) in [5, 5.41) is 3.10. The van der Waals surface area contributed by atoms with Gasteiger partial charge in [0.15, 0.2) is 0 Å². The highest BCUT2D eigenvalue weighted by molar-refractivity contribution is 7.90. The number of ether oxygens (including phenoxy) is 2. The maximum Gasteiger partial charge on any atom is 0.516 e. The number of amides is 4. The van der Waals surface area contributed by atoms with E-state index >= 15 is 0 Å². The average molecular weight is 828 g/mol. The molecule has 17 heteroatoms. The van der Waals surface area contributed by atoms with Crippen molar-refractivity contribution in [1.29, 1.82) is 0 Å². The first kappa shape index (κ1) is 42.4. The summed E-state index contributed by atoms with van der Waals surface area (Å²) in [5.74, 6) is -4.07. The number of hydrogen-bond acceptors (Lipinski definition) is 9. The lowest BCUT2D eigenvalue weighted by Gasteiger charge is -2.36. The third-order valence-corrected chi connectivity index (χ3v) is 12.3. The lowest BCUT2D eigenvalue weighted by atomic mass is 9.77. The van der Waals surface area contributed by atoms with Crippen LogP contribution < -0.4 is 19.5 Å². The van der Waals surface area contributed by atoms with Crippen LogP contribution in [0.5, 0.6) is 11.5 Å². The number of carbonyl (C=O) groups is 4. The molecule has 2 aliphatic heterocycles. The normalized spacial score (nSPS) is 22.8. The molecule has 312 valence electrons. The summed E-state index contributed by atoms with van der Waals surface area (Å²) in [6.07, 6.45) is 2.62. The number of fused-ring (bicyclic) bond motifs is 1. The summed E-state index contributed by atoms with van der Waals surface area (Å²) in [5.41, 5.74) is -6.71. The van der Waals surface area contributed by atoms with Gasteiger partial charge in [-0.05, 0) is 43.2 Å². The summed E-state index contributed by atoms with van der Waals surface area (Å²) in [6.45, 7) is 10.1. The third-order valence-electron chi connectivity index (χ3n) is 11.2. The number of benzene rings is 2. The summed E-state index contributed by atoms with van der Waals surface area (Å²) in [4.78, 5) is 63.8. The predicted octanol–water partition coefficient (Wildman–Crippen LogP) is 5.35. The van der Waals surface area contributed by atoms with E-state index in [0.717, 1.165) is 29.5 Å². The number of methoxy groups -OCH3 is 1. The van der Waals surface area contributed by atoms with Crippen LogP contribution in [0.25, 0.3) is 22.2 Å². The van der Waals surface area contributed by atoms with Crippen LogP contribution in [0, 0.1) is 17.3 Å². The van der Waals surface area contributed by atoms with Gasteiger partial charge < -0.3 is 24.6 Å². The molecule has 13 nitrogen and oxygen atoms in total. The van der Waals surface area contributed by atoms with Crippen molar-refractivity contribution in [1.82, 2.24) is 24.8 Å². The van der Waals surface area contributed by atoms with Gasteiger partial charge in [-0.25, -0.2) is 9.71 Å². The van der Waals surface area contributed by atoms with Gasteiger partial charge in [0, 0.05) is 54.9 Å². The van der Waals surface area contributed by atoms with Gasteiger partial charge in [-0.2, -0.15) is 21.6 Å². The van der Waals surface area contributed by atoms with Gasteiger partial charge in [-0.1, -0.05) is 57.2 Å². The van der Waals surface area contributed by atoms with Gasteiger partial charge in [0.25, 0.3) is 5.91 Å². The quantitative estimate of drug-likeness (QED) is 0.229. The number of alkyl halides is 3. The molecule has 4 amide bonds. The zero-order chi connectivity index (χ0) is 42.2. The fourth-order valence-electron chi connectivity index (χ4n) is 7.73. The lowest BCUT2D eigenvalue weighted by Crippen LogP contribution is -2.58. The number of halogens is 3. The molecule has 3 aromatic rings. The molecule has 1 aromatic heterocycles. The average Bonchev–Trinajstić information content (AvgIpc) is 3.74. The predicted molar refractivity (Wildman–Crippen MR) is 209 cm³/mol. The van der Waals surface area contributed by atoms with Crippen molar-refractivity contribution in [2.75, 3.05) is 26.7 Å². The first-order valence-electron chi connectivity index (χ1n) is 19.1. The Morgan fingerprint density at radius 2 is 1.72 bits per heavy atom. The maximum absolute atomic E-state index is 14.8. The number of nitrogens with zero attached hydrogens (tertiary/aromatic N) is 3. The smallest absolute Gasteiger partial charge is 0.497 e. The zero-order valence-electron chi connectivity index (χ0n) is 32.8. The summed E-state index contributed by atoms with van der Waals surface area (Å²) in [7, 11) is -4.58. The van der Waals surface area contributed by atoms with E-state index in [1.54, 1.807) is 29.2 Å². The van der Waals surface area contributed by atoms with Gasteiger partial charge in [0.05, 0.1) is 30.8 Å². The second kappa shape index (κ2) is 16.2. The highest BCUT2D eigenvalue weighted by Gasteiger charge is 2.63. The monoisotopic (exact) mass is 827 g/mol. The number of likely N-dealkylation sites (tertiary alicyclic amines) is 2. The Bertz CT molecular complexity index is 2190. The summed E-state index contributed by atoms with van der Waals surface area (Å²) < 4.78 is 76.9. The molecule has 2 N–H and O–H groups in total. The molecule has 1 aliphatic carbocycles. The second-order valence-corrected chi connectivity index (χ2v) is 17.9. The van der Waals surface area contributed by atoms with E-state index in [-0.39, 0.29) is 31.7 Å². The highest BCUT2D eigenvalue weighted by Crippen LogP contribution is 2.46. The van der Waals surface area contributed by atoms with Crippen LogP contribution in [0.3, 0.4) is 0 Å². The maximum atomic E-state index is 14.8. The van der Waals surface area contributed by atoms with Gasteiger partial charge >= 0.3 is 15.5 Å². The molecule has 0 radical (unpaired) electrons. The molecule has 0 spiro atoms. The Labute approximate surface area is 335 Å². The number of sulfonamides is 1. The molecule has 6 rings (SSSR count).